The minimum Gasteiger partial charge on any atom is -0.483 e. The lowest BCUT2D eigenvalue weighted by molar-refractivity contribution is 0.110. The van der Waals surface area contributed by atoms with Gasteiger partial charge in [0.2, 0.25) is 0 Å². The highest BCUT2D eigenvalue weighted by molar-refractivity contribution is 5.74. The third-order valence-electron chi connectivity index (χ3n) is 3.89. The zero-order valence-electron chi connectivity index (χ0n) is 12.6. The van der Waals surface area contributed by atoms with Gasteiger partial charge in [0.15, 0.2) is 0 Å². The van der Waals surface area contributed by atoms with Crippen LogP contribution in [0.1, 0.15) is 44.1 Å². The fourth-order valence-electron chi connectivity index (χ4n) is 2.94. The van der Waals surface area contributed by atoms with Crippen molar-refractivity contribution in [3.63, 3.8) is 0 Å². The van der Waals surface area contributed by atoms with Gasteiger partial charge in [-0.1, -0.05) is 19.4 Å². The molecule has 4 heteroatoms. The maximum absolute atomic E-state index is 11.7. The lowest BCUT2D eigenvalue weighted by Crippen LogP contribution is -2.31. The van der Waals surface area contributed by atoms with Crippen LogP contribution in [0, 0.1) is 0 Å². The van der Waals surface area contributed by atoms with Crippen LogP contribution in [-0.4, -0.2) is 16.8 Å². The third-order valence-corrected chi connectivity index (χ3v) is 3.89. The normalized spacial score (nSPS) is 22.6. The Morgan fingerprint density at radius 2 is 2.19 bits per heavy atom. The number of hydrogen-bond acceptors (Lipinski definition) is 4. The molecule has 1 aliphatic heterocycles. The van der Waals surface area contributed by atoms with Crippen LogP contribution in [0.2, 0.25) is 0 Å². The first kappa shape index (κ1) is 14.1. The summed E-state index contributed by atoms with van der Waals surface area (Å²) in [5, 5.41) is 10.3. The number of aryl methyl sites for hydroxylation is 1. The molecule has 0 aromatic carbocycles. The van der Waals surface area contributed by atoms with Crippen molar-refractivity contribution in [1.82, 2.24) is 0 Å². The Hall–Kier alpha value is -1.81. The summed E-state index contributed by atoms with van der Waals surface area (Å²) in [5.41, 5.74) is 1.77. The van der Waals surface area contributed by atoms with Crippen molar-refractivity contribution in [3.05, 3.63) is 51.1 Å². The van der Waals surface area contributed by atoms with E-state index >= 15 is 0 Å². The van der Waals surface area contributed by atoms with E-state index in [-0.39, 0.29) is 5.63 Å². The van der Waals surface area contributed by atoms with E-state index in [0.29, 0.717) is 17.9 Å². The van der Waals surface area contributed by atoms with Gasteiger partial charge >= 0.3 is 5.63 Å². The fourth-order valence-corrected chi connectivity index (χ4v) is 2.94. The van der Waals surface area contributed by atoms with Gasteiger partial charge in [-0.3, -0.25) is 0 Å². The Balaban J connectivity index is 2.23. The number of rotatable bonds is 2. The van der Waals surface area contributed by atoms with Crippen molar-refractivity contribution in [2.45, 2.75) is 51.7 Å². The molecule has 0 saturated carbocycles. The number of aliphatic hydroxyl groups excluding tert-OH is 1. The molecule has 3 rings (SSSR count). The summed E-state index contributed by atoms with van der Waals surface area (Å²) in [4.78, 5) is 11.7. The molecule has 0 fully saturated rings. The Bertz CT molecular complexity index is 691. The molecule has 0 amide bonds. The molecule has 0 bridgehead atoms. The summed E-state index contributed by atoms with van der Waals surface area (Å²) in [5.74, 6) is 1.19. The van der Waals surface area contributed by atoms with Crippen molar-refractivity contribution in [2.75, 3.05) is 0 Å². The summed E-state index contributed by atoms with van der Waals surface area (Å²) in [6.07, 6.45) is 5.20. The topological polar surface area (TPSA) is 59.7 Å². The van der Waals surface area contributed by atoms with E-state index in [9.17, 15) is 9.90 Å². The molecule has 1 aliphatic carbocycles. The van der Waals surface area contributed by atoms with Crippen LogP contribution in [-0.2, 0) is 17.6 Å². The maximum Gasteiger partial charge on any atom is 0.336 e. The Kier molecular flexibility index (Phi) is 3.29. The van der Waals surface area contributed by atoms with E-state index < -0.39 is 11.7 Å². The minimum absolute atomic E-state index is 0.315. The molecule has 112 valence electrons. The first-order valence-electron chi connectivity index (χ1n) is 7.38. The van der Waals surface area contributed by atoms with Gasteiger partial charge in [0.25, 0.3) is 0 Å². The second-order valence-corrected chi connectivity index (χ2v) is 6.18. The standard InChI is InChI=1S/C17H20O4/c1-4-5-10-8-14(19)20-13-9-12(18)11-6-7-17(2,3)21-16(11)15(10)13/h6-8,12,18H,4-5,9H2,1-3H3. The Labute approximate surface area is 123 Å². The van der Waals surface area contributed by atoms with Gasteiger partial charge in [0.1, 0.15) is 17.1 Å². The predicted octanol–water partition coefficient (Wildman–Crippen LogP) is 2.59. The first-order chi connectivity index (χ1) is 9.91. The second-order valence-electron chi connectivity index (χ2n) is 6.18. The second kappa shape index (κ2) is 4.88. The molecule has 1 atom stereocenters. The molecule has 4 nitrogen and oxygen atoms in total. The van der Waals surface area contributed by atoms with Gasteiger partial charge in [-0.2, -0.15) is 0 Å². The molecule has 1 N–H and O–H groups in total. The smallest absolute Gasteiger partial charge is 0.336 e. The van der Waals surface area contributed by atoms with E-state index in [1.54, 1.807) is 6.07 Å². The van der Waals surface area contributed by atoms with Crippen molar-refractivity contribution in [2.24, 2.45) is 0 Å². The summed E-state index contributed by atoms with van der Waals surface area (Å²) < 4.78 is 11.4. The van der Waals surface area contributed by atoms with Gasteiger partial charge in [-0.25, -0.2) is 4.79 Å². The number of aliphatic hydroxyl groups is 1. The van der Waals surface area contributed by atoms with Crippen molar-refractivity contribution in [1.29, 1.82) is 0 Å². The molecule has 1 aromatic heterocycles. The Morgan fingerprint density at radius 3 is 2.90 bits per heavy atom. The number of ether oxygens (including phenoxy) is 1. The van der Waals surface area contributed by atoms with Crippen LogP contribution >= 0.6 is 0 Å². The summed E-state index contributed by atoms with van der Waals surface area (Å²) in [6, 6.07) is 1.54. The molecule has 1 unspecified atom stereocenters. The van der Waals surface area contributed by atoms with E-state index in [1.165, 1.54) is 0 Å². The average Bonchev–Trinajstić information content (AvgIpc) is 2.36. The fraction of sp³-hybridized carbons (Fsp3) is 0.471. The molecule has 0 radical (unpaired) electrons. The van der Waals surface area contributed by atoms with Crippen LogP contribution in [0.5, 0.6) is 0 Å². The molecule has 2 aliphatic rings. The summed E-state index contributed by atoms with van der Waals surface area (Å²) in [6.45, 7) is 6.00. The molecule has 0 spiro atoms. The zero-order chi connectivity index (χ0) is 15.2. The summed E-state index contributed by atoms with van der Waals surface area (Å²) >= 11 is 0. The maximum atomic E-state index is 11.7. The van der Waals surface area contributed by atoms with Gasteiger partial charge < -0.3 is 14.3 Å². The third kappa shape index (κ3) is 2.44. The number of fused-ring (bicyclic) bond motifs is 2. The highest BCUT2D eigenvalue weighted by atomic mass is 16.5. The molecule has 0 saturated heterocycles. The zero-order valence-corrected chi connectivity index (χ0v) is 12.6. The summed E-state index contributed by atoms with van der Waals surface area (Å²) in [7, 11) is 0. The van der Waals surface area contributed by atoms with Crippen molar-refractivity contribution < 1.29 is 14.3 Å². The molecule has 2 heterocycles. The monoisotopic (exact) mass is 288 g/mol. The number of hydrogen-bond donors (Lipinski definition) is 1. The van der Waals surface area contributed by atoms with E-state index in [2.05, 4.69) is 6.92 Å². The highest BCUT2D eigenvalue weighted by Crippen LogP contribution is 2.40. The average molecular weight is 288 g/mol. The van der Waals surface area contributed by atoms with Crippen LogP contribution < -0.4 is 5.63 Å². The Morgan fingerprint density at radius 1 is 1.43 bits per heavy atom. The van der Waals surface area contributed by atoms with Crippen LogP contribution in [0.3, 0.4) is 0 Å². The van der Waals surface area contributed by atoms with Crippen LogP contribution in [0.15, 0.2) is 33.0 Å². The van der Waals surface area contributed by atoms with Gasteiger partial charge in [-0.05, 0) is 31.9 Å². The molecular formula is C17H20O4. The van der Waals surface area contributed by atoms with Crippen molar-refractivity contribution in [3.8, 4) is 0 Å². The molecule has 1 aromatic rings. The minimum atomic E-state index is -0.695. The van der Waals surface area contributed by atoms with Gasteiger partial charge in [0, 0.05) is 18.1 Å². The highest BCUT2D eigenvalue weighted by Gasteiger charge is 2.35. The SMILES string of the molecule is CCCc1cc(=O)oc2c1C1=C(C=CC(C)(C)O1)C(O)C2. The first-order valence-corrected chi connectivity index (χ1v) is 7.38. The quantitative estimate of drug-likeness (QED) is 0.908. The molecular weight excluding hydrogens is 268 g/mol. The van der Waals surface area contributed by atoms with Crippen LogP contribution in [0.4, 0.5) is 0 Å². The van der Waals surface area contributed by atoms with E-state index in [4.69, 9.17) is 9.15 Å². The van der Waals surface area contributed by atoms with Crippen LogP contribution in [0.25, 0.3) is 5.76 Å². The van der Waals surface area contributed by atoms with Gasteiger partial charge in [0.05, 0.1) is 11.7 Å². The largest absolute Gasteiger partial charge is 0.483 e. The van der Waals surface area contributed by atoms with E-state index in [0.717, 1.165) is 29.5 Å². The van der Waals surface area contributed by atoms with Gasteiger partial charge in [-0.15, -0.1) is 0 Å². The molecule has 21 heavy (non-hydrogen) atoms. The lowest BCUT2D eigenvalue weighted by atomic mass is 9.86. The van der Waals surface area contributed by atoms with E-state index in [1.807, 2.05) is 26.0 Å². The van der Waals surface area contributed by atoms with Crippen molar-refractivity contribution >= 4 is 5.76 Å². The predicted molar refractivity (Wildman–Crippen MR) is 79.9 cm³/mol. The lowest BCUT2D eigenvalue weighted by Gasteiger charge is -2.35.